The van der Waals surface area contributed by atoms with Crippen LogP contribution in [-0.4, -0.2) is 22.3 Å². The van der Waals surface area contributed by atoms with Crippen molar-refractivity contribution in [3.63, 3.8) is 0 Å². The molecule has 0 aliphatic heterocycles. The van der Waals surface area contributed by atoms with Gasteiger partial charge in [-0.3, -0.25) is 9.89 Å². The molecule has 0 radical (unpaired) electrons. The number of nitrogens with one attached hydrogen (secondary N) is 2. The van der Waals surface area contributed by atoms with Crippen molar-refractivity contribution >= 4 is 22.9 Å². The van der Waals surface area contributed by atoms with Crippen molar-refractivity contribution in [1.82, 2.24) is 15.6 Å². The number of furan rings is 1. The third kappa shape index (κ3) is 3.05. The number of hydrogen-bond donors (Lipinski definition) is 2. The second-order valence-electron chi connectivity index (χ2n) is 5.41. The lowest BCUT2D eigenvalue weighted by Crippen LogP contribution is -2.18. The van der Waals surface area contributed by atoms with Crippen LogP contribution in [0.3, 0.4) is 0 Å². The summed E-state index contributed by atoms with van der Waals surface area (Å²) in [5.41, 5.74) is 4.29. The second-order valence-corrected chi connectivity index (χ2v) is 5.41. The van der Waals surface area contributed by atoms with E-state index in [-0.39, 0.29) is 5.69 Å². The smallest absolute Gasteiger partial charge is 0.291 e. The van der Waals surface area contributed by atoms with Crippen LogP contribution in [-0.2, 0) is 0 Å². The van der Waals surface area contributed by atoms with Gasteiger partial charge in [-0.2, -0.15) is 10.2 Å². The zero-order valence-corrected chi connectivity index (χ0v) is 13.1. The van der Waals surface area contributed by atoms with Crippen LogP contribution in [0.25, 0.3) is 22.2 Å². The number of aromatic nitrogens is 2. The largest absolute Gasteiger partial charge is 0.463 e. The number of H-pyrrole nitrogens is 1. The van der Waals surface area contributed by atoms with E-state index in [1.165, 1.54) is 0 Å². The lowest BCUT2D eigenvalue weighted by molar-refractivity contribution is 0.0950. The van der Waals surface area contributed by atoms with E-state index in [0.29, 0.717) is 11.5 Å². The minimum Gasteiger partial charge on any atom is -0.463 e. The Kier molecular flexibility index (Phi) is 3.84. The summed E-state index contributed by atoms with van der Waals surface area (Å²) in [5, 5.41) is 13.0. The summed E-state index contributed by atoms with van der Waals surface area (Å²) in [4.78, 5) is 12.1. The summed E-state index contributed by atoms with van der Waals surface area (Å²) in [7, 11) is 0. The van der Waals surface area contributed by atoms with Crippen molar-refractivity contribution in [2.75, 3.05) is 0 Å². The predicted octanol–water partition coefficient (Wildman–Crippen LogP) is 3.59. The van der Waals surface area contributed by atoms with Gasteiger partial charge in [-0.05, 0) is 22.9 Å². The lowest BCUT2D eigenvalue weighted by atomic mass is 10.1. The number of rotatable bonds is 4. The first-order valence-corrected chi connectivity index (χ1v) is 7.72. The average molecular weight is 330 g/mol. The van der Waals surface area contributed by atoms with Gasteiger partial charge in [-0.15, -0.1) is 0 Å². The standard InChI is InChI=1S/C19H14N4O2/c24-19(17-11-16(21-22-17)18-9-4-10-25-18)23-20-12-14-7-3-6-13-5-1-2-8-15(13)14/h1-12H,(H,21,22)(H,23,24)/b20-12+. The molecule has 4 aromatic rings. The number of amides is 1. The van der Waals surface area contributed by atoms with Crippen molar-refractivity contribution < 1.29 is 9.21 Å². The number of hydrazone groups is 1. The van der Waals surface area contributed by atoms with Gasteiger partial charge < -0.3 is 4.42 Å². The molecule has 0 saturated carbocycles. The van der Waals surface area contributed by atoms with E-state index in [2.05, 4.69) is 20.7 Å². The number of carbonyl (C=O) groups is 1. The molecule has 4 rings (SSSR count). The van der Waals surface area contributed by atoms with Crippen LogP contribution in [0.5, 0.6) is 0 Å². The van der Waals surface area contributed by atoms with E-state index < -0.39 is 5.91 Å². The SMILES string of the molecule is O=C(N/N=C/c1cccc2ccccc12)c1cc(-c2ccco2)[nH]n1. The molecule has 122 valence electrons. The molecule has 2 N–H and O–H groups in total. The van der Waals surface area contributed by atoms with E-state index >= 15 is 0 Å². The minimum absolute atomic E-state index is 0.237. The van der Waals surface area contributed by atoms with Gasteiger partial charge in [-0.1, -0.05) is 42.5 Å². The maximum absolute atomic E-state index is 12.1. The summed E-state index contributed by atoms with van der Waals surface area (Å²) in [6.45, 7) is 0. The van der Waals surface area contributed by atoms with Crippen molar-refractivity contribution in [1.29, 1.82) is 0 Å². The van der Waals surface area contributed by atoms with E-state index in [1.54, 1.807) is 30.7 Å². The molecule has 0 fully saturated rings. The van der Waals surface area contributed by atoms with E-state index in [4.69, 9.17) is 4.42 Å². The molecule has 25 heavy (non-hydrogen) atoms. The van der Waals surface area contributed by atoms with Gasteiger partial charge in [0.15, 0.2) is 11.5 Å². The molecule has 2 aromatic carbocycles. The quantitative estimate of drug-likeness (QED) is 0.443. The van der Waals surface area contributed by atoms with Crippen LogP contribution in [0.4, 0.5) is 0 Å². The highest BCUT2D eigenvalue weighted by atomic mass is 16.3. The first kappa shape index (κ1) is 14.9. The normalized spacial score (nSPS) is 11.2. The molecule has 0 unspecified atom stereocenters. The Morgan fingerprint density at radius 1 is 1.12 bits per heavy atom. The molecule has 0 aliphatic carbocycles. The zero-order chi connectivity index (χ0) is 17.1. The van der Waals surface area contributed by atoms with Crippen molar-refractivity contribution in [2.45, 2.75) is 0 Å². The number of benzene rings is 2. The average Bonchev–Trinajstić information content (AvgIpc) is 3.33. The minimum atomic E-state index is -0.398. The number of aromatic amines is 1. The summed E-state index contributed by atoms with van der Waals surface area (Å²) >= 11 is 0. The Morgan fingerprint density at radius 2 is 2.00 bits per heavy atom. The highest BCUT2D eigenvalue weighted by Gasteiger charge is 2.11. The highest BCUT2D eigenvalue weighted by Crippen LogP contribution is 2.18. The molecule has 0 spiro atoms. The third-order valence-corrected chi connectivity index (χ3v) is 3.79. The van der Waals surface area contributed by atoms with Crippen LogP contribution in [0.2, 0.25) is 0 Å². The number of nitrogens with zero attached hydrogens (tertiary/aromatic N) is 2. The Labute approximate surface area is 143 Å². The van der Waals surface area contributed by atoms with Gasteiger partial charge in [0.25, 0.3) is 5.91 Å². The Balaban J connectivity index is 1.49. The van der Waals surface area contributed by atoms with Crippen molar-refractivity contribution in [3.05, 3.63) is 78.2 Å². The van der Waals surface area contributed by atoms with E-state index in [1.807, 2.05) is 42.5 Å². The first-order chi connectivity index (χ1) is 12.3. The van der Waals surface area contributed by atoms with Gasteiger partial charge >= 0.3 is 0 Å². The fourth-order valence-corrected chi connectivity index (χ4v) is 2.58. The highest BCUT2D eigenvalue weighted by molar-refractivity contribution is 6.00. The fourth-order valence-electron chi connectivity index (χ4n) is 2.58. The second kappa shape index (κ2) is 6.45. The zero-order valence-electron chi connectivity index (χ0n) is 13.1. The molecule has 2 aromatic heterocycles. The molecule has 0 bridgehead atoms. The maximum atomic E-state index is 12.1. The predicted molar refractivity (Wildman–Crippen MR) is 95.3 cm³/mol. The Hall–Kier alpha value is -3.67. The van der Waals surface area contributed by atoms with Gasteiger partial charge in [0.05, 0.1) is 12.5 Å². The first-order valence-electron chi connectivity index (χ1n) is 7.72. The van der Waals surface area contributed by atoms with E-state index in [0.717, 1.165) is 16.3 Å². The molecule has 0 aliphatic rings. The number of fused-ring (bicyclic) bond motifs is 1. The van der Waals surface area contributed by atoms with Gasteiger partial charge in [0, 0.05) is 11.6 Å². The maximum Gasteiger partial charge on any atom is 0.291 e. The van der Waals surface area contributed by atoms with Crippen molar-refractivity contribution in [3.8, 4) is 11.5 Å². The Bertz CT molecular complexity index is 1040. The lowest BCUT2D eigenvalue weighted by Gasteiger charge is -2.01. The fraction of sp³-hybridized carbons (Fsp3) is 0. The summed E-state index contributed by atoms with van der Waals surface area (Å²) in [6, 6.07) is 19.1. The van der Waals surface area contributed by atoms with Crippen LogP contribution < -0.4 is 5.43 Å². The molecular formula is C19H14N4O2. The van der Waals surface area contributed by atoms with Crippen LogP contribution in [0, 0.1) is 0 Å². The van der Waals surface area contributed by atoms with E-state index in [9.17, 15) is 4.79 Å². The summed E-state index contributed by atoms with van der Waals surface area (Å²) < 4.78 is 5.26. The molecule has 6 nitrogen and oxygen atoms in total. The topological polar surface area (TPSA) is 83.3 Å². The molecule has 6 heteroatoms. The van der Waals surface area contributed by atoms with Crippen LogP contribution >= 0.6 is 0 Å². The number of carbonyl (C=O) groups excluding carboxylic acids is 1. The molecule has 0 saturated heterocycles. The molecule has 0 atom stereocenters. The molecule has 2 heterocycles. The van der Waals surface area contributed by atoms with Crippen LogP contribution in [0.1, 0.15) is 16.1 Å². The van der Waals surface area contributed by atoms with Crippen LogP contribution in [0.15, 0.2) is 76.4 Å². The summed E-state index contributed by atoms with van der Waals surface area (Å²) in [6.07, 6.45) is 3.19. The van der Waals surface area contributed by atoms with Crippen molar-refractivity contribution in [2.24, 2.45) is 5.10 Å². The number of hydrogen-bond acceptors (Lipinski definition) is 4. The third-order valence-electron chi connectivity index (χ3n) is 3.79. The monoisotopic (exact) mass is 330 g/mol. The summed E-state index contributed by atoms with van der Waals surface area (Å²) in [5.74, 6) is 0.219. The van der Waals surface area contributed by atoms with Gasteiger partial charge in [0.2, 0.25) is 0 Å². The molecule has 1 amide bonds. The Morgan fingerprint density at radius 3 is 2.88 bits per heavy atom. The molecular weight excluding hydrogens is 316 g/mol. The van der Waals surface area contributed by atoms with Gasteiger partial charge in [-0.25, -0.2) is 5.43 Å². The van der Waals surface area contributed by atoms with Gasteiger partial charge in [0.1, 0.15) is 5.69 Å².